The Morgan fingerprint density at radius 2 is 1.57 bits per heavy atom. The molecule has 2 atom stereocenters. The highest BCUT2D eigenvalue weighted by atomic mass is 32.2. The Hall–Kier alpha value is -0.960. The molecule has 1 saturated carbocycles. The molecule has 1 heterocycles. The molecule has 6 nitrogen and oxygen atoms in total. The molecule has 2 fully saturated rings. The first kappa shape index (κ1) is 16.9. The zero-order valence-corrected chi connectivity index (χ0v) is 15.4. The van der Waals surface area contributed by atoms with Gasteiger partial charge in [0.2, 0.25) is 20.0 Å². The van der Waals surface area contributed by atoms with Crippen LogP contribution in [0.1, 0.15) is 13.8 Å². The number of hydrogen-bond acceptors (Lipinski definition) is 4. The average molecular weight is 358 g/mol. The Morgan fingerprint density at radius 1 is 1.04 bits per heavy atom. The molecule has 1 saturated heterocycles. The number of fused-ring (bicyclic) bond motifs is 1. The van der Waals surface area contributed by atoms with Crippen molar-refractivity contribution in [3.63, 3.8) is 0 Å². The third kappa shape index (κ3) is 2.52. The number of rotatable bonds is 4. The standard InChI is InChI=1S/C15H22N2O4S2/c1-15(2)13-9-17(10-14(13)15)23(20,21)12-7-5-6-11(8-12)22(18,19)16(3)4/h5-8,13-14H,9-10H2,1-4H3. The number of nitrogens with zero attached hydrogens (tertiary/aromatic N) is 2. The highest BCUT2D eigenvalue weighted by Gasteiger charge is 2.63. The van der Waals surface area contributed by atoms with Crippen LogP contribution >= 0.6 is 0 Å². The van der Waals surface area contributed by atoms with Gasteiger partial charge in [0.15, 0.2) is 0 Å². The van der Waals surface area contributed by atoms with Crippen molar-refractivity contribution in [3.05, 3.63) is 24.3 Å². The van der Waals surface area contributed by atoms with Crippen molar-refractivity contribution in [1.82, 2.24) is 8.61 Å². The minimum absolute atomic E-state index is 0.00624. The van der Waals surface area contributed by atoms with E-state index in [2.05, 4.69) is 13.8 Å². The van der Waals surface area contributed by atoms with E-state index in [0.717, 1.165) is 4.31 Å². The fourth-order valence-electron chi connectivity index (χ4n) is 3.45. The molecule has 1 aromatic carbocycles. The van der Waals surface area contributed by atoms with E-state index in [9.17, 15) is 16.8 Å². The maximum absolute atomic E-state index is 12.8. The van der Waals surface area contributed by atoms with E-state index in [1.54, 1.807) is 0 Å². The van der Waals surface area contributed by atoms with Crippen molar-refractivity contribution in [3.8, 4) is 0 Å². The van der Waals surface area contributed by atoms with E-state index >= 15 is 0 Å². The van der Waals surface area contributed by atoms with E-state index < -0.39 is 20.0 Å². The molecule has 0 amide bonds. The molecular formula is C15H22N2O4S2. The van der Waals surface area contributed by atoms with Gasteiger partial charge in [-0.1, -0.05) is 19.9 Å². The van der Waals surface area contributed by atoms with Gasteiger partial charge in [-0.2, -0.15) is 4.31 Å². The molecule has 23 heavy (non-hydrogen) atoms. The summed E-state index contributed by atoms with van der Waals surface area (Å²) in [6, 6.07) is 5.60. The molecule has 0 aromatic heterocycles. The van der Waals surface area contributed by atoms with Crippen LogP contribution in [0.2, 0.25) is 0 Å². The molecule has 128 valence electrons. The lowest BCUT2D eigenvalue weighted by atomic mass is 10.1. The summed E-state index contributed by atoms with van der Waals surface area (Å²) in [7, 11) is -4.46. The highest BCUT2D eigenvalue weighted by Crippen LogP contribution is 2.62. The van der Waals surface area contributed by atoms with Crippen LogP contribution < -0.4 is 0 Å². The summed E-state index contributed by atoms with van der Waals surface area (Å²) >= 11 is 0. The first-order chi connectivity index (χ1) is 10.5. The Labute approximate surface area is 138 Å². The number of sulfonamides is 2. The number of benzene rings is 1. The smallest absolute Gasteiger partial charge is 0.207 e. The number of piperidine rings is 1. The van der Waals surface area contributed by atoms with Crippen LogP contribution in [-0.4, -0.2) is 52.6 Å². The van der Waals surface area contributed by atoms with Gasteiger partial charge in [0, 0.05) is 27.2 Å². The highest BCUT2D eigenvalue weighted by molar-refractivity contribution is 7.90. The van der Waals surface area contributed by atoms with Crippen molar-refractivity contribution in [1.29, 1.82) is 0 Å². The van der Waals surface area contributed by atoms with Crippen LogP contribution in [0.15, 0.2) is 34.1 Å². The summed E-state index contributed by atoms with van der Waals surface area (Å²) in [5.74, 6) is 0.817. The third-order valence-electron chi connectivity index (χ3n) is 5.31. The lowest BCUT2D eigenvalue weighted by Crippen LogP contribution is -2.33. The fourth-order valence-corrected chi connectivity index (χ4v) is 6.01. The second kappa shape index (κ2) is 5.02. The minimum Gasteiger partial charge on any atom is -0.207 e. The van der Waals surface area contributed by atoms with Crippen LogP contribution in [0.3, 0.4) is 0 Å². The van der Waals surface area contributed by atoms with Gasteiger partial charge >= 0.3 is 0 Å². The molecular weight excluding hydrogens is 336 g/mol. The predicted octanol–water partition coefficient (Wildman–Crippen LogP) is 1.21. The summed E-state index contributed by atoms with van der Waals surface area (Å²) in [5, 5.41) is 0. The zero-order valence-electron chi connectivity index (χ0n) is 13.7. The Morgan fingerprint density at radius 3 is 2.09 bits per heavy atom. The maximum atomic E-state index is 12.8. The van der Waals surface area contributed by atoms with Gasteiger partial charge in [0.25, 0.3) is 0 Å². The largest absolute Gasteiger partial charge is 0.243 e. The van der Waals surface area contributed by atoms with Crippen LogP contribution in [0.4, 0.5) is 0 Å². The Kier molecular flexibility index (Phi) is 3.68. The summed E-state index contributed by atoms with van der Waals surface area (Å²) in [5.41, 5.74) is 0.224. The SMILES string of the molecule is CN(C)S(=O)(=O)c1cccc(S(=O)(=O)N2CC3C(C2)C3(C)C)c1. The van der Waals surface area contributed by atoms with Gasteiger partial charge < -0.3 is 0 Å². The van der Waals surface area contributed by atoms with Gasteiger partial charge in [-0.15, -0.1) is 0 Å². The molecule has 3 rings (SSSR count). The quantitative estimate of drug-likeness (QED) is 0.811. The third-order valence-corrected chi connectivity index (χ3v) is 8.95. The molecule has 2 unspecified atom stereocenters. The molecule has 8 heteroatoms. The Bertz CT molecular complexity index is 830. The topological polar surface area (TPSA) is 74.8 Å². The van der Waals surface area contributed by atoms with Crippen LogP contribution in [0.5, 0.6) is 0 Å². The van der Waals surface area contributed by atoms with E-state index in [1.165, 1.54) is 42.7 Å². The summed E-state index contributed by atoms with van der Waals surface area (Å²) in [6.07, 6.45) is 0. The molecule has 0 N–H and O–H groups in total. The molecule has 0 spiro atoms. The van der Waals surface area contributed by atoms with Crippen molar-refractivity contribution < 1.29 is 16.8 Å². The number of hydrogen-bond donors (Lipinski definition) is 0. The first-order valence-electron chi connectivity index (χ1n) is 7.52. The van der Waals surface area contributed by atoms with Gasteiger partial charge in [0.1, 0.15) is 0 Å². The summed E-state index contributed by atoms with van der Waals surface area (Å²) in [4.78, 5) is 0.0350. The van der Waals surface area contributed by atoms with Crippen molar-refractivity contribution in [2.75, 3.05) is 27.2 Å². The van der Waals surface area contributed by atoms with E-state index in [0.29, 0.717) is 24.9 Å². The van der Waals surface area contributed by atoms with Crippen LogP contribution in [0.25, 0.3) is 0 Å². The lowest BCUT2D eigenvalue weighted by molar-refractivity contribution is 0.364. The van der Waals surface area contributed by atoms with E-state index in [-0.39, 0.29) is 15.2 Å². The first-order valence-corrected chi connectivity index (χ1v) is 10.4. The van der Waals surface area contributed by atoms with Gasteiger partial charge in [-0.05, 0) is 35.4 Å². The normalized spacial score (nSPS) is 27.2. The monoisotopic (exact) mass is 358 g/mol. The van der Waals surface area contributed by atoms with Crippen LogP contribution in [-0.2, 0) is 20.0 Å². The Balaban J connectivity index is 1.91. The van der Waals surface area contributed by atoms with Gasteiger partial charge in [0.05, 0.1) is 9.79 Å². The van der Waals surface area contributed by atoms with Gasteiger partial charge in [-0.25, -0.2) is 21.1 Å². The minimum atomic E-state index is -3.65. The average Bonchev–Trinajstić information content (AvgIpc) is 2.85. The molecule has 1 aliphatic carbocycles. The summed E-state index contributed by atoms with van der Waals surface area (Å²) < 4.78 is 52.5. The second-order valence-corrected chi connectivity index (χ2v) is 11.2. The molecule has 0 radical (unpaired) electrons. The zero-order chi connectivity index (χ0) is 17.2. The predicted molar refractivity (Wildman–Crippen MR) is 86.8 cm³/mol. The van der Waals surface area contributed by atoms with Crippen molar-refractivity contribution >= 4 is 20.0 Å². The van der Waals surface area contributed by atoms with E-state index in [4.69, 9.17) is 0 Å². The molecule has 1 aliphatic heterocycles. The summed E-state index contributed by atoms with van der Waals surface area (Å²) in [6.45, 7) is 5.36. The van der Waals surface area contributed by atoms with E-state index in [1.807, 2.05) is 0 Å². The molecule has 2 aliphatic rings. The van der Waals surface area contributed by atoms with Crippen LogP contribution in [0, 0.1) is 17.3 Å². The lowest BCUT2D eigenvalue weighted by Gasteiger charge is -2.22. The fraction of sp³-hybridized carbons (Fsp3) is 0.600. The van der Waals surface area contributed by atoms with Crippen molar-refractivity contribution in [2.24, 2.45) is 17.3 Å². The maximum Gasteiger partial charge on any atom is 0.243 e. The molecule has 1 aromatic rings. The second-order valence-electron chi connectivity index (χ2n) is 7.12. The van der Waals surface area contributed by atoms with Gasteiger partial charge in [-0.3, -0.25) is 0 Å². The van der Waals surface area contributed by atoms with Crippen molar-refractivity contribution in [2.45, 2.75) is 23.6 Å². The molecule has 0 bridgehead atoms.